The summed E-state index contributed by atoms with van der Waals surface area (Å²) in [5, 5.41) is 3.52. The third-order valence-corrected chi connectivity index (χ3v) is 3.88. The van der Waals surface area contributed by atoms with Gasteiger partial charge in [-0.15, -0.1) is 0 Å². The molecule has 0 radical (unpaired) electrons. The van der Waals surface area contributed by atoms with Crippen molar-refractivity contribution in [3.05, 3.63) is 65.7 Å². The van der Waals surface area contributed by atoms with E-state index in [0.717, 1.165) is 19.6 Å². The van der Waals surface area contributed by atoms with Crippen LogP contribution in [0, 0.1) is 6.92 Å². The van der Waals surface area contributed by atoms with Crippen LogP contribution >= 0.6 is 0 Å². The summed E-state index contributed by atoms with van der Waals surface area (Å²) in [5.41, 5.74) is 4.12. The number of anilines is 1. The molecule has 1 aliphatic heterocycles. The number of aryl methyl sites for hydroxylation is 1. The van der Waals surface area contributed by atoms with E-state index < -0.39 is 0 Å². The van der Waals surface area contributed by atoms with Gasteiger partial charge in [0.05, 0.1) is 6.04 Å². The Morgan fingerprint density at radius 1 is 1.00 bits per heavy atom. The molecule has 1 heterocycles. The van der Waals surface area contributed by atoms with Crippen LogP contribution in [-0.4, -0.2) is 19.6 Å². The van der Waals surface area contributed by atoms with Gasteiger partial charge in [-0.1, -0.05) is 42.5 Å². The molecule has 1 atom stereocenters. The quantitative estimate of drug-likeness (QED) is 0.883. The number of para-hydroxylation sites is 1. The second-order valence-electron chi connectivity index (χ2n) is 5.11. The molecule has 3 rings (SSSR count). The number of piperazine rings is 1. The Bertz CT molecular complexity index is 536. The van der Waals surface area contributed by atoms with E-state index in [-0.39, 0.29) is 0 Å². The zero-order valence-electron chi connectivity index (χ0n) is 11.3. The normalized spacial score (nSPS) is 19.4. The minimum absolute atomic E-state index is 0.428. The molecule has 0 saturated carbocycles. The van der Waals surface area contributed by atoms with Crippen LogP contribution in [0.2, 0.25) is 0 Å². The number of hydrogen-bond donors (Lipinski definition) is 1. The fourth-order valence-electron chi connectivity index (χ4n) is 2.87. The Hall–Kier alpha value is -1.80. The first-order valence-corrected chi connectivity index (χ1v) is 6.94. The van der Waals surface area contributed by atoms with Gasteiger partial charge in [0.15, 0.2) is 0 Å². The van der Waals surface area contributed by atoms with Crippen molar-refractivity contribution >= 4 is 5.69 Å². The van der Waals surface area contributed by atoms with Crippen molar-refractivity contribution in [2.75, 3.05) is 24.5 Å². The first-order valence-electron chi connectivity index (χ1n) is 6.94. The van der Waals surface area contributed by atoms with Gasteiger partial charge in [-0.25, -0.2) is 0 Å². The van der Waals surface area contributed by atoms with Crippen LogP contribution in [0.5, 0.6) is 0 Å². The molecule has 0 aliphatic carbocycles. The first-order chi connectivity index (χ1) is 9.36. The number of nitrogens with zero attached hydrogens (tertiary/aromatic N) is 1. The average Bonchev–Trinajstić information content (AvgIpc) is 2.49. The van der Waals surface area contributed by atoms with Crippen LogP contribution in [0.3, 0.4) is 0 Å². The summed E-state index contributed by atoms with van der Waals surface area (Å²) in [6, 6.07) is 19.9. The van der Waals surface area contributed by atoms with E-state index in [1.807, 2.05) is 0 Å². The first kappa shape index (κ1) is 12.2. The van der Waals surface area contributed by atoms with Crippen molar-refractivity contribution in [3.8, 4) is 0 Å². The highest BCUT2D eigenvalue weighted by molar-refractivity contribution is 5.50. The summed E-state index contributed by atoms with van der Waals surface area (Å²) >= 11 is 0. The summed E-state index contributed by atoms with van der Waals surface area (Å²) in [7, 11) is 0. The van der Waals surface area contributed by atoms with Crippen LogP contribution < -0.4 is 10.2 Å². The molecule has 1 N–H and O–H groups in total. The molecule has 98 valence electrons. The summed E-state index contributed by atoms with van der Waals surface area (Å²) in [6.45, 7) is 5.33. The lowest BCUT2D eigenvalue weighted by Crippen LogP contribution is -2.46. The van der Waals surface area contributed by atoms with Crippen molar-refractivity contribution in [2.45, 2.75) is 13.0 Å². The fraction of sp³-hybridized carbons (Fsp3) is 0.294. The molecule has 2 aromatic rings. The van der Waals surface area contributed by atoms with Gasteiger partial charge in [-0.3, -0.25) is 0 Å². The minimum Gasteiger partial charge on any atom is -0.362 e. The second-order valence-corrected chi connectivity index (χ2v) is 5.11. The molecule has 1 saturated heterocycles. The third kappa shape index (κ3) is 2.49. The van der Waals surface area contributed by atoms with E-state index in [1.165, 1.54) is 16.8 Å². The van der Waals surface area contributed by atoms with E-state index in [2.05, 4.69) is 71.7 Å². The molecule has 1 aliphatic rings. The Kier molecular flexibility index (Phi) is 3.51. The highest BCUT2D eigenvalue weighted by Gasteiger charge is 2.24. The average molecular weight is 252 g/mol. The van der Waals surface area contributed by atoms with Crippen LogP contribution in [0.25, 0.3) is 0 Å². The number of hydrogen-bond acceptors (Lipinski definition) is 2. The predicted molar refractivity (Wildman–Crippen MR) is 80.6 cm³/mol. The SMILES string of the molecule is Cc1ccccc1C1CNCCN1c1ccccc1. The van der Waals surface area contributed by atoms with Crippen molar-refractivity contribution < 1.29 is 0 Å². The zero-order valence-corrected chi connectivity index (χ0v) is 11.3. The highest BCUT2D eigenvalue weighted by atomic mass is 15.2. The van der Waals surface area contributed by atoms with E-state index in [0.29, 0.717) is 6.04 Å². The molecule has 0 aromatic heterocycles. The van der Waals surface area contributed by atoms with Gasteiger partial charge in [0.2, 0.25) is 0 Å². The van der Waals surface area contributed by atoms with Crippen molar-refractivity contribution in [3.63, 3.8) is 0 Å². The Labute approximate surface area is 115 Å². The number of benzene rings is 2. The lowest BCUT2D eigenvalue weighted by molar-refractivity contribution is 0.488. The maximum Gasteiger partial charge on any atom is 0.0670 e. The largest absolute Gasteiger partial charge is 0.362 e. The standard InChI is InChI=1S/C17H20N2/c1-14-7-5-6-10-16(14)17-13-18-11-12-19(17)15-8-3-2-4-9-15/h2-10,17-18H,11-13H2,1H3. The van der Waals surface area contributed by atoms with Gasteiger partial charge in [-0.05, 0) is 30.2 Å². The maximum absolute atomic E-state index is 3.52. The van der Waals surface area contributed by atoms with Gasteiger partial charge < -0.3 is 10.2 Å². The monoisotopic (exact) mass is 252 g/mol. The molecule has 0 spiro atoms. The Balaban J connectivity index is 1.96. The van der Waals surface area contributed by atoms with E-state index >= 15 is 0 Å². The molecule has 2 nitrogen and oxygen atoms in total. The summed E-state index contributed by atoms with van der Waals surface area (Å²) in [5.74, 6) is 0. The minimum atomic E-state index is 0.428. The lowest BCUT2D eigenvalue weighted by Gasteiger charge is -2.39. The van der Waals surface area contributed by atoms with Crippen LogP contribution in [0.4, 0.5) is 5.69 Å². The van der Waals surface area contributed by atoms with Crippen LogP contribution in [0.15, 0.2) is 54.6 Å². The molecule has 0 amide bonds. The third-order valence-electron chi connectivity index (χ3n) is 3.88. The molecular weight excluding hydrogens is 232 g/mol. The van der Waals surface area contributed by atoms with Crippen LogP contribution in [-0.2, 0) is 0 Å². The maximum atomic E-state index is 3.52. The van der Waals surface area contributed by atoms with Gasteiger partial charge in [-0.2, -0.15) is 0 Å². The molecule has 2 aromatic carbocycles. The van der Waals surface area contributed by atoms with Gasteiger partial charge >= 0.3 is 0 Å². The molecule has 2 heteroatoms. The summed E-state index contributed by atoms with van der Waals surface area (Å²) in [6.07, 6.45) is 0. The van der Waals surface area contributed by atoms with E-state index in [4.69, 9.17) is 0 Å². The van der Waals surface area contributed by atoms with E-state index in [1.54, 1.807) is 0 Å². The Morgan fingerprint density at radius 3 is 2.53 bits per heavy atom. The fourth-order valence-corrected chi connectivity index (χ4v) is 2.87. The highest BCUT2D eigenvalue weighted by Crippen LogP contribution is 2.29. The zero-order chi connectivity index (χ0) is 13.1. The topological polar surface area (TPSA) is 15.3 Å². The lowest BCUT2D eigenvalue weighted by atomic mass is 9.98. The number of nitrogens with one attached hydrogen (secondary N) is 1. The molecule has 0 bridgehead atoms. The number of rotatable bonds is 2. The molecular formula is C17H20N2. The second kappa shape index (κ2) is 5.45. The van der Waals surface area contributed by atoms with Crippen molar-refractivity contribution in [1.29, 1.82) is 0 Å². The van der Waals surface area contributed by atoms with Crippen molar-refractivity contribution in [2.24, 2.45) is 0 Å². The smallest absolute Gasteiger partial charge is 0.0670 e. The summed E-state index contributed by atoms with van der Waals surface area (Å²) in [4.78, 5) is 2.51. The van der Waals surface area contributed by atoms with Gasteiger partial charge in [0.1, 0.15) is 0 Å². The molecule has 1 fully saturated rings. The molecule has 1 unspecified atom stereocenters. The van der Waals surface area contributed by atoms with Gasteiger partial charge in [0, 0.05) is 25.3 Å². The molecule has 19 heavy (non-hydrogen) atoms. The summed E-state index contributed by atoms with van der Waals surface area (Å²) < 4.78 is 0. The predicted octanol–water partition coefficient (Wildman–Crippen LogP) is 3.15. The van der Waals surface area contributed by atoms with Crippen LogP contribution in [0.1, 0.15) is 17.2 Å². The van der Waals surface area contributed by atoms with Gasteiger partial charge in [0.25, 0.3) is 0 Å². The Morgan fingerprint density at radius 2 is 1.74 bits per heavy atom. The van der Waals surface area contributed by atoms with Crippen molar-refractivity contribution in [1.82, 2.24) is 5.32 Å². The van der Waals surface area contributed by atoms with E-state index in [9.17, 15) is 0 Å².